The third-order valence-electron chi connectivity index (χ3n) is 2.41. The van der Waals surface area contributed by atoms with Gasteiger partial charge in [0.05, 0.1) is 0 Å². The van der Waals surface area contributed by atoms with Crippen molar-refractivity contribution in [3.8, 4) is 0 Å². The first-order chi connectivity index (χ1) is 8.15. The van der Waals surface area contributed by atoms with Crippen LogP contribution in [0.3, 0.4) is 0 Å². The van der Waals surface area contributed by atoms with E-state index < -0.39 is 12.1 Å². The summed E-state index contributed by atoms with van der Waals surface area (Å²) in [5.41, 5.74) is 0. The highest BCUT2D eigenvalue weighted by Crippen LogP contribution is 2.14. The second kappa shape index (κ2) is 4.96. The molecule has 2 N–H and O–H groups in total. The van der Waals surface area contributed by atoms with Crippen LogP contribution in [0, 0.1) is 0 Å². The highest BCUT2D eigenvalue weighted by molar-refractivity contribution is 5.93. The summed E-state index contributed by atoms with van der Waals surface area (Å²) < 4.78 is 6.46. The quantitative estimate of drug-likeness (QED) is 0.776. The highest BCUT2D eigenvalue weighted by Gasteiger charge is 2.23. The van der Waals surface area contributed by atoms with Gasteiger partial charge in [-0.1, -0.05) is 0 Å². The number of carbonyl (C=O) groups excluding carboxylic acids is 1. The number of hydrogen-bond donors (Lipinski definition) is 2. The number of ether oxygens (including phenoxy) is 1. The third-order valence-corrected chi connectivity index (χ3v) is 2.41. The van der Waals surface area contributed by atoms with Gasteiger partial charge in [-0.3, -0.25) is 14.3 Å². The van der Waals surface area contributed by atoms with E-state index in [1.807, 2.05) is 0 Å². The number of carboxylic acids is 1. The van der Waals surface area contributed by atoms with E-state index >= 15 is 0 Å². The molecule has 1 amide bonds. The van der Waals surface area contributed by atoms with Gasteiger partial charge in [0.25, 0.3) is 5.91 Å². The molecule has 1 fully saturated rings. The van der Waals surface area contributed by atoms with Crippen molar-refractivity contribution in [1.82, 2.24) is 9.78 Å². The van der Waals surface area contributed by atoms with Crippen LogP contribution in [0.1, 0.15) is 12.8 Å². The molecule has 1 aliphatic heterocycles. The fourth-order valence-corrected chi connectivity index (χ4v) is 1.65. The lowest BCUT2D eigenvalue weighted by molar-refractivity contribution is -0.137. The minimum atomic E-state index is -0.981. The molecule has 1 atom stereocenters. The Kier molecular flexibility index (Phi) is 3.38. The predicted molar refractivity (Wildman–Crippen MR) is 57.5 cm³/mol. The molecule has 17 heavy (non-hydrogen) atoms. The zero-order valence-electron chi connectivity index (χ0n) is 9.13. The van der Waals surface area contributed by atoms with E-state index in [4.69, 9.17) is 9.84 Å². The van der Waals surface area contributed by atoms with Crippen LogP contribution in [-0.4, -0.2) is 39.5 Å². The number of aromatic nitrogens is 2. The van der Waals surface area contributed by atoms with Crippen molar-refractivity contribution >= 4 is 17.7 Å². The van der Waals surface area contributed by atoms with Gasteiger partial charge in [0.15, 0.2) is 5.82 Å². The van der Waals surface area contributed by atoms with E-state index in [0.717, 1.165) is 6.42 Å². The molecular weight excluding hydrogens is 226 g/mol. The minimum Gasteiger partial charge on any atom is -0.480 e. The van der Waals surface area contributed by atoms with Crippen molar-refractivity contribution in [2.45, 2.75) is 25.5 Å². The van der Waals surface area contributed by atoms with Gasteiger partial charge < -0.3 is 15.2 Å². The molecule has 1 aromatic heterocycles. The Morgan fingerprint density at radius 2 is 2.47 bits per heavy atom. The molecule has 1 aliphatic rings. The molecule has 0 spiro atoms. The summed E-state index contributed by atoms with van der Waals surface area (Å²) >= 11 is 0. The van der Waals surface area contributed by atoms with Crippen molar-refractivity contribution in [2.75, 3.05) is 11.9 Å². The van der Waals surface area contributed by atoms with E-state index in [2.05, 4.69) is 10.4 Å². The average molecular weight is 239 g/mol. The lowest BCUT2D eigenvalue weighted by Crippen LogP contribution is -2.27. The molecule has 92 valence electrons. The summed E-state index contributed by atoms with van der Waals surface area (Å²) in [6, 6.07) is 1.55. The number of anilines is 1. The van der Waals surface area contributed by atoms with Gasteiger partial charge >= 0.3 is 5.97 Å². The van der Waals surface area contributed by atoms with Crippen molar-refractivity contribution < 1.29 is 19.4 Å². The van der Waals surface area contributed by atoms with E-state index in [-0.39, 0.29) is 12.5 Å². The summed E-state index contributed by atoms with van der Waals surface area (Å²) in [7, 11) is 0. The molecule has 0 bridgehead atoms. The monoisotopic (exact) mass is 239 g/mol. The number of nitrogens with zero attached hydrogens (tertiary/aromatic N) is 2. The molecule has 0 saturated carbocycles. The molecule has 1 aromatic rings. The Balaban J connectivity index is 1.91. The SMILES string of the molecule is O=C(O)Cn1ccc(NC(=O)[C@H]2CCCO2)n1. The number of nitrogens with one attached hydrogen (secondary N) is 1. The third kappa shape index (κ3) is 3.04. The Morgan fingerprint density at radius 3 is 3.12 bits per heavy atom. The molecule has 7 nitrogen and oxygen atoms in total. The summed E-state index contributed by atoms with van der Waals surface area (Å²) in [5.74, 6) is -0.875. The van der Waals surface area contributed by atoms with Gasteiger partial charge in [0.2, 0.25) is 0 Å². The van der Waals surface area contributed by atoms with Crippen LogP contribution < -0.4 is 5.32 Å². The molecular formula is C10H13N3O4. The maximum absolute atomic E-state index is 11.6. The van der Waals surface area contributed by atoms with Gasteiger partial charge in [0.1, 0.15) is 12.6 Å². The van der Waals surface area contributed by atoms with Crippen LogP contribution in [0.2, 0.25) is 0 Å². The Hall–Kier alpha value is -1.89. The first kappa shape index (κ1) is 11.6. The second-order valence-electron chi connectivity index (χ2n) is 3.78. The fraction of sp³-hybridized carbons (Fsp3) is 0.500. The fourth-order valence-electron chi connectivity index (χ4n) is 1.65. The minimum absolute atomic E-state index is 0.226. The van der Waals surface area contributed by atoms with Crippen LogP contribution in [-0.2, 0) is 20.9 Å². The predicted octanol–water partition coefficient (Wildman–Crippen LogP) is 0.0852. The smallest absolute Gasteiger partial charge is 0.325 e. The van der Waals surface area contributed by atoms with Crippen molar-refractivity contribution in [1.29, 1.82) is 0 Å². The lowest BCUT2D eigenvalue weighted by Gasteiger charge is -2.07. The van der Waals surface area contributed by atoms with Gasteiger partial charge in [-0.05, 0) is 12.8 Å². The molecule has 0 aromatic carbocycles. The van der Waals surface area contributed by atoms with Crippen LogP contribution in [0.15, 0.2) is 12.3 Å². The summed E-state index contributed by atoms with van der Waals surface area (Å²) in [5, 5.41) is 15.1. The Morgan fingerprint density at radius 1 is 1.65 bits per heavy atom. The Labute approximate surface area is 97.4 Å². The topological polar surface area (TPSA) is 93.5 Å². The number of rotatable bonds is 4. The van der Waals surface area contributed by atoms with Crippen molar-refractivity contribution in [2.24, 2.45) is 0 Å². The maximum atomic E-state index is 11.6. The molecule has 0 aliphatic carbocycles. The van der Waals surface area contributed by atoms with Gasteiger partial charge in [-0.15, -0.1) is 0 Å². The Bertz CT molecular complexity index is 423. The van der Waals surface area contributed by atoms with E-state index in [9.17, 15) is 9.59 Å². The van der Waals surface area contributed by atoms with Crippen LogP contribution in [0.5, 0.6) is 0 Å². The summed E-state index contributed by atoms with van der Waals surface area (Å²) in [4.78, 5) is 22.1. The number of hydrogen-bond acceptors (Lipinski definition) is 4. The van der Waals surface area contributed by atoms with Crippen molar-refractivity contribution in [3.05, 3.63) is 12.3 Å². The molecule has 2 rings (SSSR count). The van der Waals surface area contributed by atoms with Gasteiger partial charge in [0, 0.05) is 18.9 Å². The average Bonchev–Trinajstić information content (AvgIpc) is 2.87. The number of carbonyl (C=O) groups is 2. The standard InChI is InChI=1S/C10H13N3O4/c14-9(15)6-13-4-3-8(12-13)11-10(16)7-2-1-5-17-7/h3-4,7H,1-2,5-6H2,(H,14,15)(H,11,12,16)/t7-/m1/s1. The zero-order valence-corrected chi connectivity index (χ0v) is 9.13. The zero-order chi connectivity index (χ0) is 12.3. The second-order valence-corrected chi connectivity index (χ2v) is 3.78. The first-order valence-electron chi connectivity index (χ1n) is 5.33. The molecule has 0 unspecified atom stereocenters. The summed E-state index contributed by atoms with van der Waals surface area (Å²) in [6.45, 7) is 0.376. The van der Waals surface area contributed by atoms with Gasteiger partial charge in [-0.25, -0.2) is 0 Å². The molecule has 1 saturated heterocycles. The maximum Gasteiger partial charge on any atom is 0.325 e. The van der Waals surface area contributed by atoms with E-state index in [0.29, 0.717) is 18.8 Å². The van der Waals surface area contributed by atoms with E-state index in [1.54, 1.807) is 6.07 Å². The molecule has 7 heteroatoms. The van der Waals surface area contributed by atoms with E-state index in [1.165, 1.54) is 10.9 Å². The molecule has 0 radical (unpaired) electrons. The summed E-state index contributed by atoms with van der Waals surface area (Å²) in [6.07, 6.45) is 2.67. The van der Waals surface area contributed by atoms with Crippen LogP contribution in [0.4, 0.5) is 5.82 Å². The highest BCUT2D eigenvalue weighted by atomic mass is 16.5. The molecule has 2 heterocycles. The normalized spacial score (nSPS) is 19.2. The number of aliphatic carboxylic acids is 1. The number of amides is 1. The van der Waals surface area contributed by atoms with Crippen molar-refractivity contribution in [3.63, 3.8) is 0 Å². The largest absolute Gasteiger partial charge is 0.480 e. The van der Waals surface area contributed by atoms with Crippen LogP contribution >= 0.6 is 0 Å². The lowest BCUT2D eigenvalue weighted by atomic mass is 10.2. The van der Waals surface area contributed by atoms with Gasteiger partial charge in [-0.2, -0.15) is 5.10 Å². The van der Waals surface area contributed by atoms with Crippen LogP contribution in [0.25, 0.3) is 0 Å². The first-order valence-corrected chi connectivity index (χ1v) is 5.33. The number of carboxylic acid groups (broad SMARTS) is 1.